The second kappa shape index (κ2) is 6.67. The molecule has 1 heterocycles. The molecule has 0 saturated heterocycles. The number of rotatable bonds is 5. The Hall–Kier alpha value is -2.59. The van der Waals surface area contributed by atoms with Crippen molar-refractivity contribution in [3.8, 4) is 0 Å². The van der Waals surface area contributed by atoms with E-state index in [0.717, 1.165) is 22.0 Å². The molecule has 0 bridgehead atoms. The first-order valence-electron chi connectivity index (χ1n) is 7.77. The number of amides is 1. The van der Waals surface area contributed by atoms with Crippen LogP contribution in [0.25, 0.3) is 10.9 Å². The molecule has 1 atom stereocenters. The van der Waals surface area contributed by atoms with Crippen LogP contribution in [-0.4, -0.2) is 16.0 Å². The van der Waals surface area contributed by atoms with Crippen molar-refractivity contribution in [1.29, 1.82) is 0 Å². The van der Waals surface area contributed by atoms with Crippen LogP contribution in [0.1, 0.15) is 30.6 Å². The number of aliphatic hydroxyl groups is 1. The van der Waals surface area contributed by atoms with Gasteiger partial charge in [0.05, 0.1) is 6.10 Å². The van der Waals surface area contributed by atoms with Gasteiger partial charge in [0, 0.05) is 34.8 Å². The molecular formula is C19H20N2O2. The zero-order chi connectivity index (χ0) is 16.2. The molecule has 1 unspecified atom stereocenters. The van der Waals surface area contributed by atoms with E-state index in [1.165, 1.54) is 0 Å². The largest absolute Gasteiger partial charge is 0.389 e. The van der Waals surface area contributed by atoms with Crippen molar-refractivity contribution < 1.29 is 9.90 Å². The molecule has 3 aromatic rings. The molecule has 0 aliphatic rings. The van der Waals surface area contributed by atoms with Crippen LogP contribution in [-0.2, 0) is 11.2 Å². The number of aromatic amines is 1. The lowest BCUT2D eigenvalue weighted by Crippen LogP contribution is -2.14. The van der Waals surface area contributed by atoms with Crippen molar-refractivity contribution in [2.24, 2.45) is 0 Å². The van der Waals surface area contributed by atoms with Gasteiger partial charge in [-0.05, 0) is 31.0 Å². The van der Waals surface area contributed by atoms with Gasteiger partial charge < -0.3 is 15.4 Å². The first kappa shape index (κ1) is 15.3. The van der Waals surface area contributed by atoms with Crippen molar-refractivity contribution in [3.05, 3.63) is 65.9 Å². The molecule has 1 amide bonds. The van der Waals surface area contributed by atoms with E-state index in [4.69, 9.17) is 0 Å². The Bertz CT molecular complexity index is 821. The zero-order valence-corrected chi connectivity index (χ0v) is 13.0. The van der Waals surface area contributed by atoms with Crippen molar-refractivity contribution in [3.63, 3.8) is 0 Å². The van der Waals surface area contributed by atoms with Crippen LogP contribution in [0.4, 0.5) is 5.69 Å². The van der Waals surface area contributed by atoms with Crippen LogP contribution in [0.3, 0.4) is 0 Å². The minimum atomic E-state index is -0.611. The van der Waals surface area contributed by atoms with Gasteiger partial charge in [-0.1, -0.05) is 36.4 Å². The lowest BCUT2D eigenvalue weighted by atomic mass is 10.1. The molecule has 0 saturated carbocycles. The topological polar surface area (TPSA) is 65.1 Å². The lowest BCUT2D eigenvalue weighted by molar-refractivity contribution is -0.116. The normalized spacial score (nSPS) is 12.3. The Labute approximate surface area is 135 Å². The molecule has 118 valence electrons. The zero-order valence-electron chi connectivity index (χ0n) is 13.0. The van der Waals surface area contributed by atoms with Gasteiger partial charge in [0.2, 0.25) is 5.91 Å². The van der Waals surface area contributed by atoms with Crippen LogP contribution >= 0.6 is 0 Å². The summed E-state index contributed by atoms with van der Waals surface area (Å²) < 4.78 is 0. The lowest BCUT2D eigenvalue weighted by Gasteiger charge is -2.12. The van der Waals surface area contributed by atoms with Gasteiger partial charge in [-0.25, -0.2) is 0 Å². The molecule has 4 nitrogen and oxygen atoms in total. The highest BCUT2D eigenvalue weighted by Crippen LogP contribution is 2.23. The van der Waals surface area contributed by atoms with Gasteiger partial charge >= 0.3 is 0 Å². The van der Waals surface area contributed by atoms with Gasteiger partial charge in [0.1, 0.15) is 0 Å². The number of anilines is 1. The number of nitrogens with one attached hydrogen (secondary N) is 2. The number of fused-ring (bicyclic) bond motifs is 1. The number of H-pyrrole nitrogens is 1. The molecule has 2 aromatic carbocycles. The van der Waals surface area contributed by atoms with Crippen LogP contribution < -0.4 is 5.32 Å². The van der Waals surface area contributed by atoms with Crippen molar-refractivity contribution in [2.75, 3.05) is 5.32 Å². The number of hydrogen-bond donors (Lipinski definition) is 3. The minimum absolute atomic E-state index is 0.0524. The fraction of sp³-hybridized carbons (Fsp3) is 0.211. The summed E-state index contributed by atoms with van der Waals surface area (Å²) in [4.78, 5) is 15.4. The molecule has 23 heavy (non-hydrogen) atoms. The predicted molar refractivity (Wildman–Crippen MR) is 92.3 cm³/mol. The third-order valence-electron chi connectivity index (χ3n) is 3.98. The Kier molecular flexibility index (Phi) is 4.44. The van der Waals surface area contributed by atoms with E-state index in [1.807, 2.05) is 48.7 Å². The summed E-state index contributed by atoms with van der Waals surface area (Å²) in [5.41, 5.74) is 3.63. The van der Waals surface area contributed by atoms with Crippen LogP contribution in [0.2, 0.25) is 0 Å². The SMILES string of the molecule is CC(O)c1ccccc1NC(=O)CCc1c[nH]c2ccccc12. The third-order valence-corrected chi connectivity index (χ3v) is 3.98. The highest BCUT2D eigenvalue weighted by Gasteiger charge is 2.11. The average Bonchev–Trinajstić information content (AvgIpc) is 2.96. The first-order valence-corrected chi connectivity index (χ1v) is 7.77. The first-order chi connectivity index (χ1) is 11.1. The molecule has 0 radical (unpaired) electrons. The Morgan fingerprint density at radius 1 is 1.17 bits per heavy atom. The van der Waals surface area contributed by atoms with Crippen molar-refractivity contribution in [1.82, 2.24) is 4.98 Å². The molecule has 1 aromatic heterocycles. The fourth-order valence-electron chi connectivity index (χ4n) is 2.77. The van der Waals surface area contributed by atoms with Gasteiger partial charge in [-0.3, -0.25) is 4.79 Å². The van der Waals surface area contributed by atoms with Gasteiger partial charge in [-0.15, -0.1) is 0 Å². The van der Waals surface area contributed by atoms with Gasteiger partial charge in [-0.2, -0.15) is 0 Å². The van der Waals surface area contributed by atoms with E-state index >= 15 is 0 Å². The smallest absolute Gasteiger partial charge is 0.224 e. The Morgan fingerprint density at radius 2 is 1.91 bits per heavy atom. The molecule has 0 aliphatic heterocycles. The summed E-state index contributed by atoms with van der Waals surface area (Å²) in [6, 6.07) is 15.4. The molecule has 3 N–H and O–H groups in total. The molecule has 3 rings (SSSR count). The molecular weight excluding hydrogens is 288 g/mol. The summed E-state index contributed by atoms with van der Waals surface area (Å²) in [5, 5.41) is 13.8. The second-order valence-electron chi connectivity index (χ2n) is 5.67. The number of hydrogen-bond acceptors (Lipinski definition) is 2. The van der Waals surface area contributed by atoms with Crippen molar-refractivity contribution in [2.45, 2.75) is 25.9 Å². The maximum atomic E-state index is 12.2. The maximum Gasteiger partial charge on any atom is 0.224 e. The standard InChI is InChI=1S/C19H20N2O2/c1-13(22)15-6-2-5-9-18(15)21-19(23)11-10-14-12-20-17-8-4-3-7-16(14)17/h2-9,12-13,20,22H,10-11H2,1H3,(H,21,23). The number of carbonyl (C=O) groups is 1. The quantitative estimate of drug-likeness (QED) is 0.671. The predicted octanol–water partition coefficient (Wildman–Crippen LogP) is 3.79. The number of benzene rings is 2. The number of aliphatic hydroxyl groups excluding tert-OH is 1. The number of aryl methyl sites for hydroxylation is 1. The average molecular weight is 308 g/mol. The van der Waals surface area contributed by atoms with Gasteiger partial charge in [0.15, 0.2) is 0 Å². The van der Waals surface area contributed by atoms with Crippen LogP contribution in [0.15, 0.2) is 54.7 Å². The molecule has 4 heteroatoms. The third kappa shape index (κ3) is 3.43. The van der Waals surface area contributed by atoms with Crippen LogP contribution in [0.5, 0.6) is 0 Å². The summed E-state index contributed by atoms with van der Waals surface area (Å²) >= 11 is 0. The van der Waals surface area contributed by atoms with Crippen molar-refractivity contribution >= 4 is 22.5 Å². The van der Waals surface area contributed by atoms with Gasteiger partial charge in [0.25, 0.3) is 0 Å². The molecule has 0 aliphatic carbocycles. The highest BCUT2D eigenvalue weighted by atomic mass is 16.3. The minimum Gasteiger partial charge on any atom is -0.389 e. The monoisotopic (exact) mass is 308 g/mol. The summed E-state index contributed by atoms with van der Waals surface area (Å²) in [7, 11) is 0. The second-order valence-corrected chi connectivity index (χ2v) is 5.67. The highest BCUT2D eigenvalue weighted by molar-refractivity contribution is 5.92. The van der Waals surface area contributed by atoms with E-state index in [1.54, 1.807) is 6.92 Å². The Balaban J connectivity index is 1.66. The Morgan fingerprint density at radius 3 is 2.74 bits per heavy atom. The summed E-state index contributed by atoms with van der Waals surface area (Å²) in [6.07, 6.45) is 2.42. The van der Waals surface area contributed by atoms with E-state index in [0.29, 0.717) is 18.5 Å². The number of aromatic nitrogens is 1. The van der Waals surface area contributed by atoms with E-state index in [9.17, 15) is 9.90 Å². The van der Waals surface area contributed by atoms with Crippen LogP contribution in [0, 0.1) is 0 Å². The maximum absolute atomic E-state index is 12.2. The summed E-state index contributed by atoms with van der Waals surface area (Å²) in [5.74, 6) is -0.0524. The van der Waals surface area contributed by atoms with E-state index < -0.39 is 6.10 Å². The van der Waals surface area contributed by atoms with E-state index in [-0.39, 0.29) is 5.91 Å². The fourth-order valence-corrected chi connectivity index (χ4v) is 2.77. The summed E-state index contributed by atoms with van der Waals surface area (Å²) in [6.45, 7) is 1.69. The van der Waals surface area contributed by atoms with E-state index in [2.05, 4.69) is 16.4 Å². The molecule has 0 fully saturated rings. The number of para-hydroxylation sites is 2. The number of carbonyl (C=O) groups excluding carboxylic acids is 1. The molecule has 0 spiro atoms.